The summed E-state index contributed by atoms with van der Waals surface area (Å²) in [5.74, 6) is 0.490. The van der Waals surface area contributed by atoms with E-state index in [0.717, 1.165) is 18.4 Å². The number of nitrogens with zero attached hydrogens (tertiary/aromatic N) is 1. The van der Waals surface area contributed by atoms with Crippen LogP contribution in [-0.4, -0.2) is 11.6 Å². The minimum Gasteiger partial charge on any atom is -0.295 e. The largest absolute Gasteiger partial charge is 0.295 e. The molecule has 0 saturated heterocycles. The Labute approximate surface area is 132 Å². The molecule has 0 N–H and O–H groups in total. The number of fused-ring (bicyclic) bond motifs is 3. The molecule has 1 saturated carbocycles. The molecule has 1 fully saturated rings. The van der Waals surface area contributed by atoms with Gasteiger partial charge in [0.25, 0.3) is 0 Å². The van der Waals surface area contributed by atoms with Crippen molar-refractivity contribution in [3.05, 3.63) is 23.3 Å². The first kappa shape index (κ1) is 15.2. The Morgan fingerprint density at radius 2 is 1.95 bits per heavy atom. The van der Waals surface area contributed by atoms with Crippen LogP contribution in [0.1, 0.15) is 47.0 Å². The van der Waals surface area contributed by atoms with E-state index in [2.05, 4.69) is 26.8 Å². The van der Waals surface area contributed by atoms with Gasteiger partial charge in [0.15, 0.2) is 11.6 Å². The fourth-order valence-corrected chi connectivity index (χ4v) is 5.12. The third kappa shape index (κ3) is 1.79. The van der Waals surface area contributed by atoms with Crippen LogP contribution in [-0.2, 0) is 9.59 Å². The average Bonchev–Trinajstić information content (AvgIpc) is 2.46. The summed E-state index contributed by atoms with van der Waals surface area (Å²) in [6.45, 7) is 8.46. The molecule has 0 radical (unpaired) electrons. The van der Waals surface area contributed by atoms with Gasteiger partial charge in [-0.3, -0.25) is 9.59 Å². The van der Waals surface area contributed by atoms with Crippen molar-refractivity contribution in [3.8, 4) is 6.07 Å². The maximum absolute atomic E-state index is 12.3. The van der Waals surface area contributed by atoms with Crippen LogP contribution in [0.15, 0.2) is 23.3 Å². The number of ketones is 2. The molecule has 1 unspecified atom stereocenters. The normalized spacial score (nSPS) is 44.4. The number of allylic oxidation sites excluding steroid dienone is 4. The van der Waals surface area contributed by atoms with Crippen molar-refractivity contribution in [2.24, 2.45) is 28.6 Å². The number of carbonyl (C=O) groups is 2. The van der Waals surface area contributed by atoms with E-state index < -0.39 is 0 Å². The third-order valence-corrected chi connectivity index (χ3v) is 6.69. The number of hydrogen-bond acceptors (Lipinski definition) is 3. The van der Waals surface area contributed by atoms with Gasteiger partial charge in [0.2, 0.25) is 0 Å². The van der Waals surface area contributed by atoms with Gasteiger partial charge >= 0.3 is 0 Å². The Bertz CT molecular complexity index is 665. The second kappa shape index (κ2) is 4.65. The highest BCUT2D eigenvalue weighted by Crippen LogP contribution is 2.62. The van der Waals surface area contributed by atoms with Crippen molar-refractivity contribution in [2.45, 2.75) is 47.0 Å². The minimum absolute atomic E-state index is 0.00364. The Balaban J connectivity index is 2.22. The molecule has 3 rings (SSSR count). The predicted molar refractivity (Wildman–Crippen MR) is 83.7 cm³/mol. The maximum Gasteiger partial charge on any atom is 0.176 e. The molecule has 0 bridgehead atoms. The molecule has 0 aromatic heterocycles. The van der Waals surface area contributed by atoms with E-state index in [-0.39, 0.29) is 39.8 Å². The predicted octanol–water partition coefficient (Wildman–Crippen LogP) is 3.61. The second-order valence-electron chi connectivity index (χ2n) is 7.80. The summed E-state index contributed by atoms with van der Waals surface area (Å²) in [5, 5.41) is 9.32. The lowest BCUT2D eigenvalue weighted by atomic mass is 9.46. The van der Waals surface area contributed by atoms with Crippen molar-refractivity contribution < 1.29 is 9.59 Å². The van der Waals surface area contributed by atoms with Gasteiger partial charge in [-0.1, -0.05) is 39.3 Å². The number of rotatable bonds is 0. The highest BCUT2D eigenvalue weighted by molar-refractivity contribution is 6.02. The van der Waals surface area contributed by atoms with Gasteiger partial charge in [-0.25, -0.2) is 0 Å². The SMILES string of the molecule is C[C@@H]1CC(=O)C=C2[C@@]3(C)C=C(C#N)C(=O)[C@H](C)C3CC[C@]21C. The molecule has 0 aromatic carbocycles. The molecular weight excluding hydrogens is 274 g/mol. The van der Waals surface area contributed by atoms with Gasteiger partial charge < -0.3 is 0 Å². The summed E-state index contributed by atoms with van der Waals surface area (Å²) in [7, 11) is 0. The van der Waals surface area contributed by atoms with Crippen LogP contribution < -0.4 is 0 Å². The van der Waals surface area contributed by atoms with Crippen LogP contribution in [0.3, 0.4) is 0 Å². The number of Topliss-reactive ketones (excluding diaryl/α,β-unsaturated/α-hetero) is 1. The summed E-state index contributed by atoms with van der Waals surface area (Å²) in [6, 6.07) is 2.07. The molecule has 0 amide bonds. The lowest BCUT2D eigenvalue weighted by molar-refractivity contribution is -0.123. The van der Waals surface area contributed by atoms with Crippen molar-refractivity contribution in [3.63, 3.8) is 0 Å². The van der Waals surface area contributed by atoms with Crippen LogP contribution in [0.25, 0.3) is 0 Å². The molecular formula is C19H23NO2. The molecule has 0 heterocycles. The summed E-state index contributed by atoms with van der Waals surface area (Å²) >= 11 is 0. The Kier molecular flexibility index (Phi) is 3.22. The molecule has 3 aliphatic rings. The van der Waals surface area contributed by atoms with E-state index in [1.165, 1.54) is 0 Å². The first-order chi connectivity index (χ1) is 10.2. The summed E-state index contributed by atoms with van der Waals surface area (Å²) < 4.78 is 0. The van der Waals surface area contributed by atoms with Gasteiger partial charge in [0.1, 0.15) is 6.07 Å². The molecule has 0 aromatic rings. The standard InChI is InChI=1S/C19H23NO2/c1-11-7-14(21)8-16-18(11,3)6-5-15-12(2)17(22)13(10-20)9-19(15,16)4/h8-9,11-12,15H,5-7H2,1-4H3/t11-,12-,15?,18+,19+/m1/s1. The molecule has 116 valence electrons. The zero-order valence-corrected chi connectivity index (χ0v) is 13.8. The lowest BCUT2D eigenvalue weighted by Gasteiger charge is -2.57. The van der Waals surface area contributed by atoms with E-state index in [1.807, 2.05) is 19.1 Å². The van der Waals surface area contributed by atoms with Gasteiger partial charge in [0.05, 0.1) is 5.57 Å². The smallest absolute Gasteiger partial charge is 0.176 e. The van der Waals surface area contributed by atoms with Crippen molar-refractivity contribution in [1.82, 2.24) is 0 Å². The average molecular weight is 297 g/mol. The van der Waals surface area contributed by atoms with Crippen LogP contribution in [0.5, 0.6) is 0 Å². The summed E-state index contributed by atoms with van der Waals surface area (Å²) in [6.07, 6.45) is 6.27. The number of hydrogen-bond donors (Lipinski definition) is 0. The first-order valence-corrected chi connectivity index (χ1v) is 8.16. The van der Waals surface area contributed by atoms with Crippen LogP contribution >= 0.6 is 0 Å². The molecule has 3 aliphatic carbocycles. The van der Waals surface area contributed by atoms with Crippen molar-refractivity contribution in [1.29, 1.82) is 5.26 Å². The van der Waals surface area contributed by atoms with Crippen molar-refractivity contribution in [2.75, 3.05) is 0 Å². The van der Waals surface area contributed by atoms with Crippen LogP contribution in [0.2, 0.25) is 0 Å². The third-order valence-electron chi connectivity index (χ3n) is 6.69. The van der Waals surface area contributed by atoms with E-state index >= 15 is 0 Å². The van der Waals surface area contributed by atoms with Gasteiger partial charge in [-0.2, -0.15) is 5.26 Å². The minimum atomic E-state index is -0.351. The van der Waals surface area contributed by atoms with Gasteiger partial charge in [-0.15, -0.1) is 0 Å². The topological polar surface area (TPSA) is 57.9 Å². The maximum atomic E-state index is 12.3. The first-order valence-electron chi connectivity index (χ1n) is 8.16. The van der Waals surface area contributed by atoms with E-state index in [0.29, 0.717) is 12.3 Å². The highest BCUT2D eigenvalue weighted by Gasteiger charge is 2.56. The quantitative estimate of drug-likeness (QED) is 0.686. The monoisotopic (exact) mass is 297 g/mol. The van der Waals surface area contributed by atoms with E-state index in [9.17, 15) is 14.9 Å². The Morgan fingerprint density at radius 3 is 2.59 bits per heavy atom. The van der Waals surface area contributed by atoms with Crippen LogP contribution in [0, 0.1) is 39.9 Å². The zero-order chi connectivity index (χ0) is 16.3. The summed E-state index contributed by atoms with van der Waals surface area (Å²) in [4.78, 5) is 24.5. The lowest BCUT2D eigenvalue weighted by Crippen LogP contribution is -2.51. The molecule has 3 nitrogen and oxygen atoms in total. The summed E-state index contributed by atoms with van der Waals surface area (Å²) in [5.41, 5.74) is 1.06. The van der Waals surface area contributed by atoms with Gasteiger partial charge in [-0.05, 0) is 36.2 Å². The molecule has 0 spiro atoms. The molecule has 0 aliphatic heterocycles. The fraction of sp³-hybridized carbons (Fsp3) is 0.632. The second-order valence-corrected chi connectivity index (χ2v) is 7.80. The zero-order valence-electron chi connectivity index (χ0n) is 13.8. The van der Waals surface area contributed by atoms with Crippen LogP contribution in [0.4, 0.5) is 0 Å². The fourth-order valence-electron chi connectivity index (χ4n) is 5.12. The molecule has 3 heteroatoms. The van der Waals surface area contributed by atoms with E-state index in [1.54, 1.807) is 0 Å². The van der Waals surface area contributed by atoms with Gasteiger partial charge in [0, 0.05) is 17.8 Å². The highest BCUT2D eigenvalue weighted by atomic mass is 16.1. The van der Waals surface area contributed by atoms with E-state index in [4.69, 9.17) is 0 Å². The number of carbonyl (C=O) groups excluding carboxylic acids is 2. The number of nitriles is 1. The Morgan fingerprint density at radius 1 is 1.27 bits per heavy atom. The Hall–Kier alpha value is -1.69. The van der Waals surface area contributed by atoms with Crippen molar-refractivity contribution >= 4 is 11.6 Å². The molecule has 22 heavy (non-hydrogen) atoms. The molecule has 5 atom stereocenters.